The lowest BCUT2D eigenvalue weighted by Gasteiger charge is -2.05. The van der Waals surface area contributed by atoms with Gasteiger partial charge in [0.2, 0.25) is 0 Å². The Kier molecular flexibility index (Phi) is 9.16. The third kappa shape index (κ3) is 7.52. The zero-order chi connectivity index (χ0) is 15.5. The van der Waals surface area contributed by atoms with E-state index in [9.17, 15) is 9.90 Å². The molecule has 0 amide bonds. The Morgan fingerprint density at radius 2 is 1.57 bits per heavy atom. The first-order valence-electron chi connectivity index (χ1n) is 8.17. The summed E-state index contributed by atoms with van der Waals surface area (Å²) in [6.07, 6.45) is 11.6. The number of Topliss-reactive ketones (excluding diaryl/α,β-unsaturated/α-hetero) is 1. The highest BCUT2D eigenvalue weighted by atomic mass is 35.5. The van der Waals surface area contributed by atoms with Gasteiger partial charge in [-0.05, 0) is 24.6 Å². The lowest BCUT2D eigenvalue weighted by Crippen LogP contribution is -1.99. The van der Waals surface area contributed by atoms with Crippen molar-refractivity contribution in [1.82, 2.24) is 0 Å². The minimum absolute atomic E-state index is 0.0158. The molecule has 1 aromatic rings. The van der Waals surface area contributed by atoms with Crippen molar-refractivity contribution in [2.75, 3.05) is 0 Å². The van der Waals surface area contributed by atoms with Crippen molar-refractivity contribution in [3.05, 3.63) is 28.8 Å². The Hall–Kier alpha value is -1.02. The third-order valence-electron chi connectivity index (χ3n) is 3.77. The van der Waals surface area contributed by atoms with Crippen molar-refractivity contribution in [1.29, 1.82) is 0 Å². The van der Waals surface area contributed by atoms with Crippen LogP contribution in [0.4, 0.5) is 0 Å². The van der Waals surface area contributed by atoms with Crippen LogP contribution >= 0.6 is 11.6 Å². The van der Waals surface area contributed by atoms with Crippen LogP contribution in [0, 0.1) is 0 Å². The number of rotatable bonds is 11. The normalized spacial score (nSPS) is 10.8. The van der Waals surface area contributed by atoms with Gasteiger partial charge < -0.3 is 5.11 Å². The standard InChI is InChI=1S/C18H27ClO2/c1-2-3-4-5-6-7-8-9-10-11-17(20)16-14-15(19)12-13-18(16)21/h12-14,21H,2-11H2,1H3. The van der Waals surface area contributed by atoms with Crippen LogP contribution in [0.1, 0.15) is 81.5 Å². The monoisotopic (exact) mass is 310 g/mol. The molecule has 118 valence electrons. The van der Waals surface area contributed by atoms with Gasteiger partial charge in [-0.2, -0.15) is 0 Å². The molecule has 0 aliphatic carbocycles. The summed E-state index contributed by atoms with van der Waals surface area (Å²) in [6, 6.07) is 4.62. The summed E-state index contributed by atoms with van der Waals surface area (Å²) in [5.41, 5.74) is 0.349. The predicted octanol–water partition coefficient (Wildman–Crippen LogP) is 6.15. The van der Waals surface area contributed by atoms with Crippen LogP contribution in [-0.2, 0) is 0 Å². The first kappa shape index (κ1) is 18.0. The van der Waals surface area contributed by atoms with E-state index in [2.05, 4.69) is 6.92 Å². The zero-order valence-corrected chi connectivity index (χ0v) is 13.8. The van der Waals surface area contributed by atoms with E-state index in [1.165, 1.54) is 51.0 Å². The van der Waals surface area contributed by atoms with E-state index in [1.807, 2.05) is 0 Å². The number of hydrogen-bond donors (Lipinski definition) is 1. The van der Waals surface area contributed by atoms with Gasteiger partial charge in [-0.25, -0.2) is 0 Å². The van der Waals surface area contributed by atoms with E-state index in [0.29, 0.717) is 17.0 Å². The molecule has 0 atom stereocenters. The van der Waals surface area contributed by atoms with Crippen molar-refractivity contribution in [2.24, 2.45) is 0 Å². The molecule has 0 saturated carbocycles. The molecule has 1 N–H and O–H groups in total. The summed E-state index contributed by atoms with van der Waals surface area (Å²) < 4.78 is 0. The van der Waals surface area contributed by atoms with E-state index in [1.54, 1.807) is 12.1 Å². The van der Waals surface area contributed by atoms with Crippen molar-refractivity contribution in [2.45, 2.75) is 71.1 Å². The quantitative estimate of drug-likeness (QED) is 0.393. The Morgan fingerprint density at radius 1 is 1.00 bits per heavy atom. The third-order valence-corrected chi connectivity index (χ3v) is 4.00. The summed E-state index contributed by atoms with van der Waals surface area (Å²) in [6.45, 7) is 2.23. The number of ketones is 1. The number of carbonyl (C=O) groups excluding carboxylic acids is 1. The molecular formula is C18H27ClO2. The Balaban J connectivity index is 2.12. The predicted molar refractivity (Wildman–Crippen MR) is 89.3 cm³/mol. The fraction of sp³-hybridized carbons (Fsp3) is 0.611. The van der Waals surface area contributed by atoms with Crippen LogP contribution in [0.5, 0.6) is 5.75 Å². The van der Waals surface area contributed by atoms with Crippen LogP contribution in [0.3, 0.4) is 0 Å². The Bertz CT molecular complexity index is 429. The maximum Gasteiger partial charge on any atom is 0.166 e. The van der Waals surface area contributed by atoms with E-state index >= 15 is 0 Å². The number of phenols is 1. The van der Waals surface area contributed by atoms with Crippen LogP contribution < -0.4 is 0 Å². The van der Waals surface area contributed by atoms with Gasteiger partial charge >= 0.3 is 0 Å². The number of halogens is 1. The molecule has 0 aliphatic rings. The molecule has 1 aromatic carbocycles. The van der Waals surface area contributed by atoms with E-state index in [4.69, 9.17) is 11.6 Å². The second-order valence-corrected chi connectivity index (χ2v) is 6.10. The molecule has 0 spiro atoms. The van der Waals surface area contributed by atoms with Crippen molar-refractivity contribution >= 4 is 17.4 Å². The van der Waals surface area contributed by atoms with Crippen LogP contribution in [0.15, 0.2) is 18.2 Å². The fourth-order valence-electron chi connectivity index (χ4n) is 2.46. The minimum Gasteiger partial charge on any atom is -0.507 e. The highest BCUT2D eigenvalue weighted by Gasteiger charge is 2.11. The Morgan fingerprint density at radius 3 is 2.19 bits per heavy atom. The zero-order valence-electron chi connectivity index (χ0n) is 13.0. The lowest BCUT2D eigenvalue weighted by molar-refractivity contribution is 0.0976. The highest BCUT2D eigenvalue weighted by molar-refractivity contribution is 6.31. The van der Waals surface area contributed by atoms with E-state index in [-0.39, 0.29) is 11.5 Å². The molecule has 0 aliphatic heterocycles. The molecule has 0 unspecified atom stereocenters. The molecule has 0 saturated heterocycles. The number of aromatic hydroxyl groups is 1. The number of unbranched alkanes of at least 4 members (excludes halogenated alkanes) is 8. The summed E-state index contributed by atoms with van der Waals surface area (Å²) in [5.74, 6) is 0.0123. The second kappa shape index (κ2) is 10.7. The van der Waals surface area contributed by atoms with Crippen molar-refractivity contribution in [3.63, 3.8) is 0 Å². The first-order valence-corrected chi connectivity index (χ1v) is 8.54. The average Bonchev–Trinajstić information content (AvgIpc) is 2.48. The van der Waals surface area contributed by atoms with Crippen LogP contribution in [-0.4, -0.2) is 10.9 Å². The van der Waals surface area contributed by atoms with Gasteiger partial charge in [-0.3, -0.25) is 4.79 Å². The van der Waals surface area contributed by atoms with Crippen LogP contribution in [0.2, 0.25) is 5.02 Å². The van der Waals surface area contributed by atoms with Gasteiger partial charge in [0, 0.05) is 11.4 Å². The molecule has 0 bridgehead atoms. The lowest BCUT2D eigenvalue weighted by atomic mass is 10.0. The molecule has 0 fully saturated rings. The second-order valence-electron chi connectivity index (χ2n) is 5.66. The van der Waals surface area contributed by atoms with Gasteiger partial charge in [0.1, 0.15) is 5.75 Å². The minimum atomic E-state index is -0.0158. The number of benzene rings is 1. The molecule has 3 heteroatoms. The van der Waals surface area contributed by atoms with Crippen molar-refractivity contribution < 1.29 is 9.90 Å². The van der Waals surface area contributed by atoms with E-state index < -0.39 is 0 Å². The molecule has 2 nitrogen and oxygen atoms in total. The number of phenolic OH excluding ortho intramolecular Hbond substituents is 1. The van der Waals surface area contributed by atoms with Gasteiger partial charge in [0.15, 0.2) is 5.78 Å². The summed E-state index contributed by atoms with van der Waals surface area (Å²) in [4.78, 5) is 12.0. The maximum atomic E-state index is 12.0. The average molecular weight is 311 g/mol. The first-order chi connectivity index (χ1) is 10.1. The molecule has 0 aromatic heterocycles. The van der Waals surface area contributed by atoms with Gasteiger partial charge in [0.25, 0.3) is 0 Å². The smallest absolute Gasteiger partial charge is 0.166 e. The largest absolute Gasteiger partial charge is 0.507 e. The number of carbonyl (C=O) groups is 1. The van der Waals surface area contributed by atoms with Gasteiger partial charge in [-0.15, -0.1) is 0 Å². The summed E-state index contributed by atoms with van der Waals surface area (Å²) in [5, 5.41) is 10.2. The molecule has 1 rings (SSSR count). The van der Waals surface area contributed by atoms with Crippen LogP contribution in [0.25, 0.3) is 0 Å². The summed E-state index contributed by atoms with van der Waals surface area (Å²) >= 11 is 5.85. The topological polar surface area (TPSA) is 37.3 Å². The molecular weight excluding hydrogens is 284 g/mol. The molecule has 0 heterocycles. The molecule has 0 radical (unpaired) electrons. The maximum absolute atomic E-state index is 12.0. The highest BCUT2D eigenvalue weighted by Crippen LogP contribution is 2.23. The van der Waals surface area contributed by atoms with Crippen molar-refractivity contribution in [3.8, 4) is 5.75 Å². The number of hydrogen-bond acceptors (Lipinski definition) is 2. The van der Waals surface area contributed by atoms with Gasteiger partial charge in [-0.1, -0.05) is 69.9 Å². The van der Waals surface area contributed by atoms with Gasteiger partial charge in [0.05, 0.1) is 5.56 Å². The van der Waals surface area contributed by atoms with E-state index in [0.717, 1.165) is 12.8 Å². The SMILES string of the molecule is CCCCCCCCCCCC(=O)c1cc(Cl)ccc1O. The Labute approximate surface area is 133 Å². The molecule has 21 heavy (non-hydrogen) atoms. The summed E-state index contributed by atoms with van der Waals surface area (Å²) in [7, 11) is 0. The fourth-order valence-corrected chi connectivity index (χ4v) is 2.63.